The highest BCUT2D eigenvalue weighted by molar-refractivity contribution is 6.42. The maximum absolute atomic E-state index is 6.01. The van der Waals surface area contributed by atoms with Crippen molar-refractivity contribution in [2.45, 2.75) is 13.0 Å². The first-order valence-corrected chi connectivity index (χ1v) is 7.93. The molecule has 3 rings (SSSR count). The van der Waals surface area contributed by atoms with E-state index in [4.69, 9.17) is 27.9 Å². The van der Waals surface area contributed by atoms with Gasteiger partial charge in [-0.15, -0.1) is 0 Å². The lowest BCUT2D eigenvalue weighted by atomic mass is 10.1. The van der Waals surface area contributed by atoms with E-state index in [0.717, 1.165) is 42.2 Å². The third-order valence-electron chi connectivity index (χ3n) is 3.39. The fourth-order valence-electron chi connectivity index (χ4n) is 2.26. The molecule has 5 heteroatoms. The molecule has 0 aliphatic carbocycles. The number of halogens is 2. The monoisotopic (exact) mass is 334 g/mol. The van der Waals surface area contributed by atoms with Gasteiger partial charge in [0.15, 0.2) is 0 Å². The summed E-state index contributed by atoms with van der Waals surface area (Å²) in [6.45, 7) is 2.28. The zero-order chi connectivity index (χ0) is 15.4. The largest absolute Gasteiger partial charge is 0.489 e. The van der Waals surface area contributed by atoms with Crippen LogP contribution in [0.5, 0.6) is 5.75 Å². The summed E-state index contributed by atoms with van der Waals surface area (Å²) in [6.07, 6.45) is 1.08. The predicted molar refractivity (Wildman–Crippen MR) is 91.3 cm³/mol. The summed E-state index contributed by atoms with van der Waals surface area (Å²) >= 11 is 11.9. The van der Waals surface area contributed by atoms with Crippen molar-refractivity contribution in [1.29, 1.82) is 0 Å². The van der Waals surface area contributed by atoms with Crippen molar-refractivity contribution in [3.63, 3.8) is 0 Å². The van der Waals surface area contributed by atoms with E-state index in [1.807, 2.05) is 36.4 Å². The molecule has 1 heterocycles. The average molecular weight is 335 g/mol. The third kappa shape index (κ3) is 3.73. The first-order chi connectivity index (χ1) is 10.7. The fourth-order valence-corrected chi connectivity index (χ4v) is 2.58. The van der Waals surface area contributed by atoms with Gasteiger partial charge in [0.25, 0.3) is 0 Å². The minimum atomic E-state index is 0.445. The zero-order valence-corrected chi connectivity index (χ0v) is 13.5. The van der Waals surface area contributed by atoms with E-state index in [0.29, 0.717) is 16.7 Å². The summed E-state index contributed by atoms with van der Waals surface area (Å²) in [4.78, 5) is 4.50. The van der Waals surface area contributed by atoms with Gasteiger partial charge in [0, 0.05) is 18.7 Å². The maximum Gasteiger partial charge on any atom is 0.128 e. The predicted octanol–water partition coefficient (Wildman–Crippen LogP) is 4.31. The molecular weight excluding hydrogens is 319 g/mol. The van der Waals surface area contributed by atoms with Crippen LogP contribution in [0.1, 0.15) is 17.5 Å². The Balaban J connectivity index is 1.70. The molecule has 1 N–H and O–H groups in total. The second-order valence-corrected chi connectivity index (χ2v) is 5.89. The number of benzene rings is 2. The molecule has 0 atom stereocenters. The van der Waals surface area contributed by atoms with Crippen LogP contribution < -0.4 is 10.1 Å². The molecule has 3 nitrogen and oxygen atoms in total. The Labute approximate surface area is 139 Å². The normalized spacial score (nSPS) is 14.2. The van der Waals surface area contributed by atoms with Crippen LogP contribution in [0.2, 0.25) is 10.0 Å². The van der Waals surface area contributed by atoms with Gasteiger partial charge in [0.1, 0.15) is 18.2 Å². The first kappa shape index (κ1) is 15.2. The van der Waals surface area contributed by atoms with E-state index in [1.54, 1.807) is 6.07 Å². The van der Waals surface area contributed by atoms with Crippen molar-refractivity contribution >= 4 is 29.0 Å². The minimum Gasteiger partial charge on any atom is -0.489 e. The van der Waals surface area contributed by atoms with E-state index in [9.17, 15) is 0 Å². The van der Waals surface area contributed by atoms with Crippen molar-refractivity contribution in [3.05, 3.63) is 63.6 Å². The molecule has 0 unspecified atom stereocenters. The molecule has 114 valence electrons. The maximum atomic E-state index is 6.01. The summed E-state index contributed by atoms with van der Waals surface area (Å²) in [7, 11) is 0. The molecule has 1 aliphatic rings. The third-order valence-corrected chi connectivity index (χ3v) is 4.13. The fraction of sp³-hybridized carbons (Fsp3) is 0.235. The lowest BCUT2D eigenvalue weighted by Gasteiger charge is -2.15. The van der Waals surface area contributed by atoms with Crippen LogP contribution in [-0.2, 0) is 6.61 Å². The second-order valence-electron chi connectivity index (χ2n) is 5.08. The molecule has 0 radical (unpaired) electrons. The van der Waals surface area contributed by atoms with Gasteiger partial charge in [-0.3, -0.25) is 4.99 Å². The summed E-state index contributed by atoms with van der Waals surface area (Å²) in [5.41, 5.74) is 2.03. The Morgan fingerprint density at radius 1 is 1.09 bits per heavy atom. The van der Waals surface area contributed by atoms with Crippen LogP contribution in [0.4, 0.5) is 0 Å². The van der Waals surface area contributed by atoms with Gasteiger partial charge in [-0.25, -0.2) is 0 Å². The number of hydrogen-bond donors (Lipinski definition) is 1. The highest BCUT2D eigenvalue weighted by atomic mass is 35.5. The molecule has 2 aromatic rings. The van der Waals surface area contributed by atoms with Crippen molar-refractivity contribution in [2.24, 2.45) is 4.99 Å². The van der Waals surface area contributed by atoms with Crippen LogP contribution in [0, 0.1) is 0 Å². The van der Waals surface area contributed by atoms with Crippen molar-refractivity contribution in [1.82, 2.24) is 5.32 Å². The molecule has 2 aromatic carbocycles. The lowest BCUT2D eigenvalue weighted by Crippen LogP contribution is -2.30. The van der Waals surface area contributed by atoms with Crippen LogP contribution in [0.25, 0.3) is 0 Å². The quantitative estimate of drug-likeness (QED) is 0.903. The number of ether oxygens (including phenoxy) is 1. The van der Waals surface area contributed by atoms with Gasteiger partial charge >= 0.3 is 0 Å². The molecule has 0 spiro atoms. The van der Waals surface area contributed by atoms with E-state index < -0.39 is 0 Å². The van der Waals surface area contributed by atoms with E-state index in [-0.39, 0.29) is 0 Å². The SMILES string of the molecule is Clc1ccc(COc2cccc(C3=NCCCN3)c2)cc1Cl. The van der Waals surface area contributed by atoms with Crippen LogP contribution >= 0.6 is 23.2 Å². The van der Waals surface area contributed by atoms with Gasteiger partial charge in [0.2, 0.25) is 0 Å². The van der Waals surface area contributed by atoms with E-state index in [1.165, 1.54) is 0 Å². The standard InChI is InChI=1S/C17H16Cl2N2O/c18-15-6-5-12(9-16(15)19)11-22-14-4-1-3-13(10-14)17-20-7-2-8-21-17/h1,3-6,9-10H,2,7-8,11H2,(H,20,21). The number of nitrogens with zero attached hydrogens (tertiary/aromatic N) is 1. The molecule has 0 saturated carbocycles. The molecule has 1 aliphatic heterocycles. The van der Waals surface area contributed by atoms with Gasteiger partial charge < -0.3 is 10.1 Å². The molecule has 0 amide bonds. The van der Waals surface area contributed by atoms with Crippen molar-refractivity contribution in [3.8, 4) is 5.75 Å². The second kappa shape index (κ2) is 7.03. The highest BCUT2D eigenvalue weighted by Crippen LogP contribution is 2.23. The van der Waals surface area contributed by atoms with E-state index >= 15 is 0 Å². The number of aliphatic imine (C=N–C) groups is 1. The van der Waals surface area contributed by atoms with Crippen LogP contribution in [0.15, 0.2) is 47.5 Å². The molecule has 0 saturated heterocycles. The van der Waals surface area contributed by atoms with Gasteiger partial charge in [-0.05, 0) is 36.2 Å². The van der Waals surface area contributed by atoms with Gasteiger partial charge in [-0.1, -0.05) is 41.4 Å². The number of amidine groups is 1. The van der Waals surface area contributed by atoms with E-state index in [2.05, 4.69) is 10.3 Å². The summed E-state index contributed by atoms with van der Waals surface area (Å²) in [6, 6.07) is 13.4. The van der Waals surface area contributed by atoms with Gasteiger partial charge in [0.05, 0.1) is 10.0 Å². The smallest absolute Gasteiger partial charge is 0.128 e. The Kier molecular flexibility index (Phi) is 4.86. The Hall–Kier alpha value is -1.71. The van der Waals surface area contributed by atoms with Crippen molar-refractivity contribution in [2.75, 3.05) is 13.1 Å². The highest BCUT2D eigenvalue weighted by Gasteiger charge is 2.08. The van der Waals surface area contributed by atoms with Crippen molar-refractivity contribution < 1.29 is 4.74 Å². The number of rotatable bonds is 4. The minimum absolute atomic E-state index is 0.445. The summed E-state index contributed by atoms with van der Waals surface area (Å²) < 4.78 is 5.83. The summed E-state index contributed by atoms with van der Waals surface area (Å²) in [5.74, 6) is 1.74. The van der Waals surface area contributed by atoms with Gasteiger partial charge in [-0.2, -0.15) is 0 Å². The summed E-state index contributed by atoms with van der Waals surface area (Å²) in [5, 5.41) is 4.40. The molecule has 0 fully saturated rings. The molecule has 0 bridgehead atoms. The molecular formula is C17H16Cl2N2O. The lowest BCUT2D eigenvalue weighted by molar-refractivity contribution is 0.306. The topological polar surface area (TPSA) is 33.6 Å². The Bertz CT molecular complexity index is 701. The first-order valence-electron chi connectivity index (χ1n) is 7.18. The van der Waals surface area contributed by atoms with Crippen LogP contribution in [0.3, 0.4) is 0 Å². The molecule has 0 aromatic heterocycles. The number of nitrogens with one attached hydrogen (secondary N) is 1. The number of hydrogen-bond acceptors (Lipinski definition) is 3. The van der Waals surface area contributed by atoms with Crippen LogP contribution in [-0.4, -0.2) is 18.9 Å². The Morgan fingerprint density at radius 3 is 2.77 bits per heavy atom. The zero-order valence-electron chi connectivity index (χ0n) is 12.0. The average Bonchev–Trinajstić information content (AvgIpc) is 2.57. The Morgan fingerprint density at radius 2 is 2.00 bits per heavy atom. The molecule has 22 heavy (non-hydrogen) atoms.